The van der Waals surface area contributed by atoms with Crippen LogP contribution in [0.2, 0.25) is 0 Å². The Morgan fingerprint density at radius 2 is 1.85 bits per heavy atom. The van der Waals surface area contributed by atoms with Crippen molar-refractivity contribution in [2.45, 2.75) is 18.9 Å². The molecule has 0 radical (unpaired) electrons. The fourth-order valence-electron chi connectivity index (χ4n) is 3.12. The van der Waals surface area contributed by atoms with Gasteiger partial charge >= 0.3 is 0 Å². The Hall–Kier alpha value is -2.13. The molecule has 2 aliphatic heterocycles. The third kappa shape index (κ3) is 4.16. The zero-order valence-electron chi connectivity index (χ0n) is 14.1. The summed E-state index contributed by atoms with van der Waals surface area (Å²) in [6.07, 6.45) is 1.26. The Morgan fingerprint density at radius 1 is 1.12 bits per heavy atom. The van der Waals surface area contributed by atoms with Crippen LogP contribution in [0, 0.1) is 17.5 Å². The fraction of sp³-hybridized carbons (Fsp3) is 0.529. The highest BCUT2D eigenvalue weighted by Gasteiger charge is 2.30. The minimum absolute atomic E-state index is 0.0181. The third-order valence-electron chi connectivity index (χ3n) is 4.57. The quantitative estimate of drug-likeness (QED) is 0.812. The summed E-state index contributed by atoms with van der Waals surface area (Å²) in [6, 6.07) is 1.73. The number of benzene rings is 1. The summed E-state index contributed by atoms with van der Waals surface area (Å²) >= 11 is 0. The number of nitrogens with one attached hydrogen (secondary N) is 1. The Bertz CT molecular complexity index is 687. The molecular formula is C17H20F3N3O3. The van der Waals surface area contributed by atoms with Crippen molar-refractivity contribution in [3.63, 3.8) is 0 Å². The van der Waals surface area contributed by atoms with Gasteiger partial charge in [-0.2, -0.15) is 0 Å². The van der Waals surface area contributed by atoms with Crippen molar-refractivity contribution in [2.75, 3.05) is 44.6 Å². The number of halogens is 3. The van der Waals surface area contributed by atoms with Crippen LogP contribution in [0.4, 0.5) is 18.9 Å². The van der Waals surface area contributed by atoms with E-state index in [9.17, 15) is 22.8 Å². The molecule has 1 aromatic carbocycles. The number of rotatable bonds is 4. The van der Waals surface area contributed by atoms with Crippen molar-refractivity contribution < 1.29 is 27.5 Å². The molecule has 1 atom stereocenters. The van der Waals surface area contributed by atoms with Gasteiger partial charge in [-0.15, -0.1) is 0 Å². The molecule has 2 aliphatic rings. The lowest BCUT2D eigenvalue weighted by atomic mass is 10.2. The second kappa shape index (κ2) is 8.05. The zero-order chi connectivity index (χ0) is 18.7. The number of hydrogen-bond acceptors (Lipinski definition) is 4. The van der Waals surface area contributed by atoms with Crippen LogP contribution in [0.25, 0.3) is 0 Å². The van der Waals surface area contributed by atoms with Crippen molar-refractivity contribution in [3.05, 3.63) is 29.6 Å². The number of amides is 2. The monoisotopic (exact) mass is 371 g/mol. The highest BCUT2D eigenvalue weighted by atomic mass is 19.2. The second-order valence-electron chi connectivity index (χ2n) is 6.37. The minimum atomic E-state index is -1.62. The van der Waals surface area contributed by atoms with E-state index in [1.807, 2.05) is 4.90 Å². The lowest BCUT2D eigenvalue weighted by Gasteiger charge is -2.35. The van der Waals surface area contributed by atoms with Gasteiger partial charge in [-0.3, -0.25) is 14.5 Å². The molecule has 1 N–H and O–H groups in total. The van der Waals surface area contributed by atoms with E-state index in [2.05, 4.69) is 5.32 Å². The van der Waals surface area contributed by atoms with Crippen LogP contribution in [-0.2, 0) is 14.3 Å². The molecule has 0 aliphatic carbocycles. The summed E-state index contributed by atoms with van der Waals surface area (Å²) < 4.78 is 45.1. The van der Waals surface area contributed by atoms with Crippen molar-refractivity contribution >= 4 is 17.5 Å². The number of anilines is 1. The van der Waals surface area contributed by atoms with Crippen LogP contribution in [0.1, 0.15) is 12.8 Å². The van der Waals surface area contributed by atoms with Crippen molar-refractivity contribution in [3.8, 4) is 0 Å². The van der Waals surface area contributed by atoms with Gasteiger partial charge in [0, 0.05) is 32.8 Å². The van der Waals surface area contributed by atoms with Crippen molar-refractivity contribution in [1.82, 2.24) is 9.80 Å². The molecule has 2 heterocycles. The summed E-state index contributed by atoms with van der Waals surface area (Å²) in [4.78, 5) is 27.8. The van der Waals surface area contributed by atoms with E-state index < -0.39 is 29.0 Å². The first-order chi connectivity index (χ1) is 12.5. The number of ether oxygens (including phenoxy) is 1. The van der Waals surface area contributed by atoms with Crippen LogP contribution < -0.4 is 5.32 Å². The van der Waals surface area contributed by atoms with Crippen LogP contribution in [0.3, 0.4) is 0 Å². The predicted molar refractivity (Wildman–Crippen MR) is 86.9 cm³/mol. The molecule has 2 amide bonds. The van der Waals surface area contributed by atoms with Crippen LogP contribution in [0.5, 0.6) is 0 Å². The molecular weight excluding hydrogens is 351 g/mol. The topological polar surface area (TPSA) is 61.9 Å². The van der Waals surface area contributed by atoms with E-state index in [1.165, 1.54) is 0 Å². The van der Waals surface area contributed by atoms with Gasteiger partial charge < -0.3 is 15.0 Å². The Labute approximate surface area is 148 Å². The first kappa shape index (κ1) is 18.7. The van der Waals surface area contributed by atoms with E-state index in [1.54, 1.807) is 4.90 Å². The standard InChI is InChI=1S/C17H20F3N3O3/c18-11-3-4-12(16(20)15(11)19)21-14(24)10-22-5-7-23(8-6-22)17(25)13-2-1-9-26-13/h3-4,13H,1-2,5-10H2,(H,21,24)/t13-/m0/s1. The largest absolute Gasteiger partial charge is 0.368 e. The zero-order valence-corrected chi connectivity index (χ0v) is 14.1. The van der Waals surface area contributed by atoms with Gasteiger partial charge in [-0.05, 0) is 25.0 Å². The molecule has 1 aromatic rings. The molecule has 9 heteroatoms. The molecule has 0 bridgehead atoms. The van der Waals surface area contributed by atoms with E-state index in [4.69, 9.17) is 4.74 Å². The highest BCUT2D eigenvalue weighted by Crippen LogP contribution is 2.20. The number of piperazine rings is 1. The maximum Gasteiger partial charge on any atom is 0.251 e. The third-order valence-corrected chi connectivity index (χ3v) is 4.57. The Balaban J connectivity index is 1.47. The van der Waals surface area contributed by atoms with E-state index in [-0.39, 0.29) is 18.6 Å². The molecule has 0 aromatic heterocycles. The minimum Gasteiger partial charge on any atom is -0.368 e. The summed E-state index contributed by atoms with van der Waals surface area (Å²) in [5.74, 6) is -4.91. The van der Waals surface area contributed by atoms with Gasteiger partial charge in [-0.25, -0.2) is 13.2 Å². The molecule has 2 saturated heterocycles. The Kier molecular flexibility index (Phi) is 5.77. The van der Waals surface area contributed by atoms with Gasteiger partial charge in [0.15, 0.2) is 17.5 Å². The first-order valence-corrected chi connectivity index (χ1v) is 8.52. The van der Waals surface area contributed by atoms with Crippen molar-refractivity contribution in [2.24, 2.45) is 0 Å². The number of carbonyl (C=O) groups excluding carboxylic acids is 2. The molecule has 6 nitrogen and oxygen atoms in total. The summed E-state index contributed by atoms with van der Waals surface area (Å²) in [7, 11) is 0. The molecule has 142 valence electrons. The molecule has 0 saturated carbocycles. The molecule has 3 rings (SSSR count). The second-order valence-corrected chi connectivity index (χ2v) is 6.37. The molecule has 26 heavy (non-hydrogen) atoms. The first-order valence-electron chi connectivity index (χ1n) is 8.52. The summed E-state index contributed by atoms with van der Waals surface area (Å²) in [5, 5.41) is 2.24. The smallest absolute Gasteiger partial charge is 0.251 e. The molecule has 2 fully saturated rings. The lowest BCUT2D eigenvalue weighted by molar-refractivity contribution is -0.142. The van der Waals surface area contributed by atoms with Crippen molar-refractivity contribution in [1.29, 1.82) is 0 Å². The van der Waals surface area contributed by atoms with Crippen LogP contribution in [-0.4, -0.2) is 67.0 Å². The number of nitrogens with zero attached hydrogens (tertiary/aromatic N) is 2. The molecule has 0 unspecified atom stereocenters. The van der Waals surface area contributed by atoms with E-state index >= 15 is 0 Å². The summed E-state index contributed by atoms with van der Waals surface area (Å²) in [5.41, 5.74) is -0.402. The van der Waals surface area contributed by atoms with Gasteiger partial charge in [0.25, 0.3) is 5.91 Å². The van der Waals surface area contributed by atoms with Crippen LogP contribution in [0.15, 0.2) is 12.1 Å². The van der Waals surface area contributed by atoms with Gasteiger partial charge in [0.1, 0.15) is 6.10 Å². The SMILES string of the molecule is O=C(CN1CCN(C(=O)[C@@H]2CCCO2)CC1)Nc1ccc(F)c(F)c1F. The lowest BCUT2D eigenvalue weighted by Crippen LogP contribution is -2.52. The normalized spacial score (nSPS) is 21.0. The molecule has 0 spiro atoms. The van der Waals surface area contributed by atoms with E-state index in [0.29, 0.717) is 32.8 Å². The Morgan fingerprint density at radius 3 is 2.50 bits per heavy atom. The highest BCUT2D eigenvalue weighted by molar-refractivity contribution is 5.92. The van der Waals surface area contributed by atoms with Gasteiger partial charge in [0.05, 0.1) is 12.2 Å². The number of hydrogen-bond donors (Lipinski definition) is 1. The van der Waals surface area contributed by atoms with Crippen LogP contribution >= 0.6 is 0 Å². The maximum atomic E-state index is 13.6. The van der Waals surface area contributed by atoms with Gasteiger partial charge in [-0.1, -0.05) is 0 Å². The predicted octanol–water partition coefficient (Wildman–Crippen LogP) is 1.37. The fourth-order valence-corrected chi connectivity index (χ4v) is 3.12. The number of carbonyl (C=O) groups is 2. The maximum absolute atomic E-state index is 13.6. The van der Waals surface area contributed by atoms with E-state index in [0.717, 1.165) is 25.0 Å². The average Bonchev–Trinajstić information content (AvgIpc) is 3.17. The average molecular weight is 371 g/mol. The van der Waals surface area contributed by atoms with Gasteiger partial charge in [0.2, 0.25) is 5.91 Å². The summed E-state index contributed by atoms with van der Waals surface area (Å²) in [6.45, 7) is 2.52.